The van der Waals surface area contributed by atoms with Crippen molar-refractivity contribution in [3.63, 3.8) is 0 Å². The maximum absolute atomic E-state index is 13.3. The zero-order chi connectivity index (χ0) is 29.9. The lowest BCUT2D eigenvalue weighted by atomic mass is 9.70. The molecule has 1 heterocycles. The Balaban J connectivity index is 2.07. The van der Waals surface area contributed by atoms with Crippen LogP contribution in [0.15, 0.2) is 48.1 Å². The van der Waals surface area contributed by atoms with Gasteiger partial charge in [0.15, 0.2) is 5.41 Å². The Morgan fingerprint density at radius 2 is 1.57 bits per heavy atom. The Bertz CT molecular complexity index is 1090. The van der Waals surface area contributed by atoms with Crippen molar-refractivity contribution in [3.8, 4) is 0 Å². The van der Waals surface area contributed by atoms with Crippen molar-refractivity contribution in [3.05, 3.63) is 59.2 Å². The molecule has 0 bridgehead atoms. The van der Waals surface area contributed by atoms with Crippen LogP contribution in [0.1, 0.15) is 63.1 Å². The summed E-state index contributed by atoms with van der Waals surface area (Å²) < 4.78 is 89.7. The molecule has 0 saturated carbocycles. The highest BCUT2D eigenvalue weighted by molar-refractivity contribution is 6.00. The number of likely N-dealkylation sites (tertiary alicyclic amines) is 1. The standard InChI is InChI=1S/C29H35F6NO4/c1-18(2)5-14-23(19-6-10-21(11-7-19)28(30,31)32)36-16-15-27(25(37)39-3,26(38)40-4)17-24(36)20-8-12-22(13-9-20)29(33,34)35/h6-8,10-13,18,20,23-24H,5,9,14-17H2,1-4H3/t20?,23-,24+/m0/s1. The molecule has 1 aliphatic heterocycles. The van der Waals surface area contributed by atoms with E-state index in [4.69, 9.17) is 9.47 Å². The van der Waals surface area contributed by atoms with Crippen molar-refractivity contribution >= 4 is 11.9 Å². The van der Waals surface area contributed by atoms with E-state index in [2.05, 4.69) is 0 Å². The molecule has 0 spiro atoms. The summed E-state index contributed by atoms with van der Waals surface area (Å²) in [4.78, 5) is 28.0. The molecule has 1 unspecified atom stereocenters. The monoisotopic (exact) mass is 575 g/mol. The summed E-state index contributed by atoms with van der Waals surface area (Å²) in [5.74, 6) is -1.81. The number of halogens is 6. The Kier molecular flexibility index (Phi) is 9.80. The lowest BCUT2D eigenvalue weighted by Gasteiger charge is -2.49. The van der Waals surface area contributed by atoms with Crippen molar-refractivity contribution in [1.82, 2.24) is 4.90 Å². The molecule has 40 heavy (non-hydrogen) atoms. The van der Waals surface area contributed by atoms with Crippen molar-refractivity contribution in [2.45, 2.75) is 70.4 Å². The Labute approximate surface area is 230 Å². The fourth-order valence-electron chi connectivity index (χ4n) is 5.73. The van der Waals surface area contributed by atoms with Crippen LogP contribution >= 0.6 is 0 Å². The van der Waals surface area contributed by atoms with Gasteiger partial charge in [-0.15, -0.1) is 0 Å². The van der Waals surface area contributed by atoms with E-state index >= 15 is 0 Å². The summed E-state index contributed by atoms with van der Waals surface area (Å²) in [6, 6.07) is 3.88. The molecule has 1 saturated heterocycles. The van der Waals surface area contributed by atoms with E-state index in [1.807, 2.05) is 18.7 Å². The van der Waals surface area contributed by atoms with Crippen molar-refractivity contribution in [2.24, 2.45) is 17.3 Å². The number of benzene rings is 1. The zero-order valence-corrected chi connectivity index (χ0v) is 22.9. The third kappa shape index (κ3) is 6.90. The molecule has 1 fully saturated rings. The van der Waals surface area contributed by atoms with Gasteiger partial charge in [-0.2, -0.15) is 26.3 Å². The number of hydrogen-bond acceptors (Lipinski definition) is 5. The number of carbonyl (C=O) groups is 2. The summed E-state index contributed by atoms with van der Waals surface area (Å²) in [7, 11) is 2.31. The second-order valence-corrected chi connectivity index (χ2v) is 10.8. The van der Waals surface area contributed by atoms with Gasteiger partial charge in [0.25, 0.3) is 0 Å². The Morgan fingerprint density at radius 1 is 0.975 bits per heavy atom. The zero-order valence-electron chi connectivity index (χ0n) is 22.9. The van der Waals surface area contributed by atoms with Gasteiger partial charge in [0.05, 0.1) is 25.4 Å². The van der Waals surface area contributed by atoms with Crippen molar-refractivity contribution < 1.29 is 45.4 Å². The van der Waals surface area contributed by atoms with E-state index < -0.39 is 58.8 Å². The number of piperidine rings is 1. The van der Waals surface area contributed by atoms with Gasteiger partial charge in [0, 0.05) is 18.6 Å². The van der Waals surface area contributed by atoms with E-state index in [1.165, 1.54) is 18.2 Å². The SMILES string of the molecule is COC(=O)C1(C(=O)OC)CCN([C@@H](CCC(C)C)c2ccc(C(F)(F)F)cc2)[C@@H](C2C=CC(C(F)(F)F)=CC2)C1. The maximum Gasteiger partial charge on any atom is 0.416 e. The number of hydrogen-bond donors (Lipinski definition) is 0. The quantitative estimate of drug-likeness (QED) is 0.189. The smallest absolute Gasteiger partial charge is 0.416 e. The molecule has 0 N–H and O–H groups in total. The molecular formula is C29H35F6NO4. The van der Waals surface area contributed by atoms with Crippen LogP contribution in [-0.4, -0.2) is 49.8 Å². The summed E-state index contributed by atoms with van der Waals surface area (Å²) in [5, 5.41) is 0. The van der Waals surface area contributed by atoms with E-state index in [1.54, 1.807) is 0 Å². The van der Waals surface area contributed by atoms with Gasteiger partial charge in [0.1, 0.15) is 0 Å². The normalized spacial score (nSPS) is 22.5. The number of ether oxygens (including phenoxy) is 2. The minimum atomic E-state index is -4.52. The average Bonchev–Trinajstić information content (AvgIpc) is 2.91. The average molecular weight is 576 g/mol. The van der Waals surface area contributed by atoms with Crippen LogP contribution in [0.25, 0.3) is 0 Å². The number of rotatable bonds is 8. The molecule has 0 radical (unpaired) electrons. The van der Waals surface area contributed by atoms with Gasteiger partial charge in [-0.3, -0.25) is 14.5 Å². The Morgan fingerprint density at radius 3 is 2.02 bits per heavy atom. The topological polar surface area (TPSA) is 55.8 Å². The van der Waals surface area contributed by atoms with E-state index in [-0.39, 0.29) is 31.7 Å². The molecule has 5 nitrogen and oxygen atoms in total. The fourth-order valence-corrected chi connectivity index (χ4v) is 5.73. The van der Waals surface area contributed by atoms with Gasteiger partial charge >= 0.3 is 24.3 Å². The van der Waals surface area contributed by atoms with Crippen LogP contribution in [0.5, 0.6) is 0 Å². The summed E-state index contributed by atoms with van der Waals surface area (Å²) >= 11 is 0. The molecule has 1 aromatic rings. The van der Waals surface area contributed by atoms with Crippen LogP contribution in [0.3, 0.4) is 0 Å². The largest absolute Gasteiger partial charge is 0.468 e. The first-order chi connectivity index (χ1) is 18.6. The van der Waals surface area contributed by atoms with E-state index in [9.17, 15) is 35.9 Å². The first kappa shape index (κ1) is 31.7. The number of carbonyl (C=O) groups excluding carboxylic acids is 2. The second kappa shape index (κ2) is 12.4. The highest BCUT2D eigenvalue weighted by Crippen LogP contribution is 2.46. The van der Waals surface area contributed by atoms with Gasteiger partial charge in [-0.05, 0) is 61.6 Å². The summed E-state index contributed by atoms with van der Waals surface area (Å²) in [6.45, 7) is 4.22. The molecule has 1 aromatic carbocycles. The molecule has 3 atom stereocenters. The van der Waals surface area contributed by atoms with Gasteiger partial charge in [-0.1, -0.05) is 44.2 Å². The lowest BCUT2D eigenvalue weighted by molar-refractivity contribution is -0.176. The predicted octanol–water partition coefficient (Wildman–Crippen LogP) is 7.04. The molecule has 222 valence electrons. The first-order valence-corrected chi connectivity index (χ1v) is 13.2. The van der Waals surface area contributed by atoms with Crippen molar-refractivity contribution in [1.29, 1.82) is 0 Å². The maximum atomic E-state index is 13.3. The number of allylic oxidation sites excluding steroid dienone is 3. The Hall–Kier alpha value is -2.82. The minimum Gasteiger partial charge on any atom is -0.468 e. The lowest BCUT2D eigenvalue weighted by Crippen LogP contribution is -2.57. The molecule has 1 aliphatic carbocycles. The molecule has 0 aromatic heterocycles. The van der Waals surface area contributed by atoms with E-state index in [0.29, 0.717) is 12.0 Å². The van der Waals surface area contributed by atoms with Crippen LogP contribution in [0.4, 0.5) is 26.3 Å². The molecule has 11 heteroatoms. The number of methoxy groups -OCH3 is 2. The number of alkyl halides is 6. The third-order valence-electron chi connectivity index (χ3n) is 7.93. The molecular weight excluding hydrogens is 540 g/mol. The van der Waals surface area contributed by atoms with Crippen LogP contribution < -0.4 is 0 Å². The third-order valence-corrected chi connectivity index (χ3v) is 7.93. The molecule has 2 aliphatic rings. The number of nitrogens with zero attached hydrogens (tertiary/aromatic N) is 1. The van der Waals surface area contributed by atoms with Crippen LogP contribution in [0.2, 0.25) is 0 Å². The highest BCUT2D eigenvalue weighted by Gasteiger charge is 2.55. The van der Waals surface area contributed by atoms with Gasteiger partial charge < -0.3 is 9.47 Å². The minimum absolute atomic E-state index is 0.00878. The van der Waals surface area contributed by atoms with E-state index in [0.717, 1.165) is 44.9 Å². The summed E-state index contributed by atoms with van der Waals surface area (Å²) in [6.07, 6.45) is -4.24. The van der Waals surface area contributed by atoms with Crippen LogP contribution in [0, 0.1) is 17.3 Å². The summed E-state index contributed by atoms with van der Waals surface area (Å²) in [5.41, 5.74) is -2.61. The van der Waals surface area contributed by atoms with Gasteiger partial charge in [-0.25, -0.2) is 0 Å². The molecule has 3 rings (SSSR count). The highest BCUT2D eigenvalue weighted by atomic mass is 19.4. The van der Waals surface area contributed by atoms with Crippen molar-refractivity contribution in [2.75, 3.05) is 20.8 Å². The van der Waals surface area contributed by atoms with Crippen LogP contribution in [-0.2, 0) is 25.2 Å². The number of esters is 2. The second-order valence-electron chi connectivity index (χ2n) is 10.8. The first-order valence-electron chi connectivity index (χ1n) is 13.2. The van der Waals surface area contributed by atoms with Gasteiger partial charge in [0.2, 0.25) is 0 Å². The fraction of sp³-hybridized carbons (Fsp3) is 0.586. The predicted molar refractivity (Wildman–Crippen MR) is 136 cm³/mol. The molecule has 0 amide bonds.